The SMILES string of the molecule is CCc1cccc(OCC(=O)NC(C(=O)O)C(C)C)c1. The van der Waals surface area contributed by atoms with Crippen LogP contribution in [0, 0.1) is 5.92 Å². The van der Waals surface area contributed by atoms with Crippen LogP contribution >= 0.6 is 0 Å². The zero-order chi connectivity index (χ0) is 15.1. The first-order valence-electron chi connectivity index (χ1n) is 6.68. The lowest BCUT2D eigenvalue weighted by Crippen LogP contribution is -2.46. The number of hydrogen-bond donors (Lipinski definition) is 2. The molecule has 5 heteroatoms. The Kier molecular flexibility index (Phi) is 6.03. The number of carbonyl (C=O) groups excluding carboxylic acids is 1. The van der Waals surface area contributed by atoms with Crippen LogP contribution in [0.3, 0.4) is 0 Å². The molecule has 0 aliphatic carbocycles. The summed E-state index contributed by atoms with van der Waals surface area (Å²) in [5.74, 6) is -1.05. The number of carboxylic acids is 1. The standard InChI is InChI=1S/C15H21NO4/c1-4-11-6-5-7-12(8-11)20-9-13(17)16-14(10(2)3)15(18)19/h5-8,10,14H,4,9H2,1-3H3,(H,16,17)(H,18,19). The summed E-state index contributed by atoms with van der Waals surface area (Å²) in [4.78, 5) is 22.7. The molecular weight excluding hydrogens is 258 g/mol. The molecule has 0 saturated carbocycles. The summed E-state index contributed by atoms with van der Waals surface area (Å²) in [5, 5.41) is 11.4. The molecule has 110 valence electrons. The Morgan fingerprint density at radius 3 is 2.60 bits per heavy atom. The molecule has 20 heavy (non-hydrogen) atoms. The average molecular weight is 279 g/mol. The first-order chi connectivity index (χ1) is 9.43. The van der Waals surface area contributed by atoms with Crippen LogP contribution in [0.25, 0.3) is 0 Å². The molecule has 1 amide bonds. The predicted molar refractivity (Wildman–Crippen MR) is 75.7 cm³/mol. The summed E-state index contributed by atoms with van der Waals surface area (Å²) in [5.41, 5.74) is 1.12. The van der Waals surface area contributed by atoms with Crippen LogP contribution in [-0.4, -0.2) is 29.6 Å². The van der Waals surface area contributed by atoms with Crippen LogP contribution in [-0.2, 0) is 16.0 Å². The van der Waals surface area contributed by atoms with E-state index in [1.807, 2.05) is 25.1 Å². The van der Waals surface area contributed by atoms with E-state index in [9.17, 15) is 9.59 Å². The quantitative estimate of drug-likeness (QED) is 0.798. The Balaban J connectivity index is 2.52. The lowest BCUT2D eigenvalue weighted by atomic mass is 10.1. The number of carbonyl (C=O) groups is 2. The fourth-order valence-electron chi connectivity index (χ4n) is 1.73. The fraction of sp³-hybridized carbons (Fsp3) is 0.467. The van der Waals surface area contributed by atoms with Gasteiger partial charge in [0, 0.05) is 0 Å². The number of nitrogens with one attached hydrogen (secondary N) is 1. The maximum atomic E-state index is 11.7. The van der Waals surface area contributed by atoms with Crippen molar-refractivity contribution in [3.63, 3.8) is 0 Å². The van der Waals surface area contributed by atoms with Crippen molar-refractivity contribution in [3.8, 4) is 5.75 Å². The number of carboxylic acid groups (broad SMARTS) is 1. The van der Waals surface area contributed by atoms with Gasteiger partial charge < -0.3 is 15.2 Å². The second kappa shape index (κ2) is 7.53. The molecule has 0 bridgehead atoms. The van der Waals surface area contributed by atoms with E-state index in [0.717, 1.165) is 12.0 Å². The Bertz CT molecular complexity index is 471. The largest absolute Gasteiger partial charge is 0.484 e. The molecule has 0 aliphatic heterocycles. The molecule has 0 saturated heterocycles. The van der Waals surface area contributed by atoms with Crippen molar-refractivity contribution < 1.29 is 19.4 Å². The van der Waals surface area contributed by atoms with Gasteiger partial charge in [-0.25, -0.2) is 4.79 Å². The molecule has 0 heterocycles. The van der Waals surface area contributed by atoms with Crippen molar-refractivity contribution in [2.45, 2.75) is 33.2 Å². The smallest absolute Gasteiger partial charge is 0.326 e. The first kappa shape index (κ1) is 16.0. The number of aryl methyl sites for hydroxylation is 1. The summed E-state index contributed by atoms with van der Waals surface area (Å²) in [6.07, 6.45) is 0.887. The van der Waals surface area contributed by atoms with Crippen LogP contribution < -0.4 is 10.1 Å². The molecule has 0 fully saturated rings. The molecule has 0 aromatic heterocycles. The number of aliphatic carboxylic acids is 1. The van der Waals surface area contributed by atoms with Crippen LogP contribution in [0.15, 0.2) is 24.3 Å². The zero-order valence-electron chi connectivity index (χ0n) is 12.1. The molecule has 1 aromatic carbocycles. The van der Waals surface area contributed by atoms with Crippen LogP contribution in [0.4, 0.5) is 0 Å². The van der Waals surface area contributed by atoms with Crippen molar-refractivity contribution >= 4 is 11.9 Å². The highest BCUT2D eigenvalue weighted by atomic mass is 16.5. The molecule has 1 aromatic rings. The van der Waals surface area contributed by atoms with Gasteiger partial charge in [0.05, 0.1) is 0 Å². The third kappa shape index (κ3) is 4.91. The minimum Gasteiger partial charge on any atom is -0.484 e. The molecule has 0 radical (unpaired) electrons. The van der Waals surface area contributed by atoms with Crippen LogP contribution in [0.5, 0.6) is 5.75 Å². The zero-order valence-corrected chi connectivity index (χ0v) is 12.1. The maximum Gasteiger partial charge on any atom is 0.326 e. The topological polar surface area (TPSA) is 75.6 Å². The van der Waals surface area contributed by atoms with Gasteiger partial charge in [0.15, 0.2) is 6.61 Å². The number of hydrogen-bond acceptors (Lipinski definition) is 3. The molecule has 1 atom stereocenters. The van der Waals surface area contributed by atoms with E-state index >= 15 is 0 Å². The highest BCUT2D eigenvalue weighted by Gasteiger charge is 2.23. The Morgan fingerprint density at radius 2 is 2.05 bits per heavy atom. The van der Waals surface area contributed by atoms with Crippen molar-refractivity contribution in [2.24, 2.45) is 5.92 Å². The summed E-state index contributed by atoms with van der Waals surface area (Å²) in [6.45, 7) is 5.32. The molecule has 1 rings (SSSR count). The van der Waals surface area contributed by atoms with E-state index < -0.39 is 17.9 Å². The number of rotatable bonds is 7. The Morgan fingerprint density at radius 1 is 1.35 bits per heavy atom. The lowest BCUT2D eigenvalue weighted by Gasteiger charge is -2.18. The van der Waals surface area contributed by atoms with E-state index in [2.05, 4.69) is 5.32 Å². The van der Waals surface area contributed by atoms with E-state index in [1.54, 1.807) is 19.9 Å². The second-order valence-corrected chi connectivity index (χ2v) is 4.92. The monoisotopic (exact) mass is 279 g/mol. The third-order valence-corrected chi connectivity index (χ3v) is 2.93. The highest BCUT2D eigenvalue weighted by molar-refractivity contribution is 5.84. The van der Waals surface area contributed by atoms with Crippen molar-refractivity contribution in [1.82, 2.24) is 5.32 Å². The summed E-state index contributed by atoms with van der Waals surface area (Å²) in [6, 6.07) is 6.58. The van der Waals surface area contributed by atoms with E-state index in [0.29, 0.717) is 5.75 Å². The van der Waals surface area contributed by atoms with Gasteiger partial charge in [0.1, 0.15) is 11.8 Å². The number of ether oxygens (including phenoxy) is 1. The van der Waals surface area contributed by atoms with Crippen LogP contribution in [0.2, 0.25) is 0 Å². The number of benzene rings is 1. The van der Waals surface area contributed by atoms with Gasteiger partial charge in [-0.3, -0.25) is 4.79 Å². The molecule has 1 unspecified atom stereocenters. The predicted octanol–water partition coefficient (Wildman–Crippen LogP) is 1.85. The van der Waals surface area contributed by atoms with Gasteiger partial charge in [0.25, 0.3) is 5.91 Å². The summed E-state index contributed by atoms with van der Waals surface area (Å²) >= 11 is 0. The van der Waals surface area contributed by atoms with Crippen molar-refractivity contribution in [1.29, 1.82) is 0 Å². The number of amides is 1. The Labute approximate surface area is 118 Å². The Hall–Kier alpha value is -2.04. The lowest BCUT2D eigenvalue weighted by molar-refractivity contribution is -0.143. The van der Waals surface area contributed by atoms with Gasteiger partial charge in [-0.15, -0.1) is 0 Å². The summed E-state index contributed by atoms with van der Waals surface area (Å²) in [7, 11) is 0. The third-order valence-electron chi connectivity index (χ3n) is 2.93. The van der Waals surface area contributed by atoms with Crippen LogP contribution in [0.1, 0.15) is 26.3 Å². The molecule has 0 spiro atoms. The van der Waals surface area contributed by atoms with Gasteiger partial charge in [-0.05, 0) is 30.0 Å². The van der Waals surface area contributed by atoms with E-state index in [-0.39, 0.29) is 12.5 Å². The van der Waals surface area contributed by atoms with Gasteiger partial charge in [0.2, 0.25) is 0 Å². The fourth-order valence-corrected chi connectivity index (χ4v) is 1.73. The minimum atomic E-state index is -1.04. The van der Waals surface area contributed by atoms with Gasteiger partial charge in [-0.2, -0.15) is 0 Å². The first-order valence-corrected chi connectivity index (χ1v) is 6.68. The highest BCUT2D eigenvalue weighted by Crippen LogP contribution is 2.13. The minimum absolute atomic E-state index is 0.181. The summed E-state index contributed by atoms with van der Waals surface area (Å²) < 4.78 is 5.37. The van der Waals surface area contributed by atoms with Crippen molar-refractivity contribution in [3.05, 3.63) is 29.8 Å². The van der Waals surface area contributed by atoms with Gasteiger partial charge >= 0.3 is 5.97 Å². The van der Waals surface area contributed by atoms with Crippen molar-refractivity contribution in [2.75, 3.05) is 6.61 Å². The molecular formula is C15H21NO4. The van der Waals surface area contributed by atoms with E-state index in [4.69, 9.17) is 9.84 Å². The maximum absolute atomic E-state index is 11.7. The normalized spacial score (nSPS) is 12.0. The van der Waals surface area contributed by atoms with Gasteiger partial charge in [-0.1, -0.05) is 32.9 Å². The average Bonchev–Trinajstić information content (AvgIpc) is 2.42. The second-order valence-electron chi connectivity index (χ2n) is 4.92. The van der Waals surface area contributed by atoms with E-state index in [1.165, 1.54) is 0 Å². The molecule has 2 N–H and O–H groups in total. The molecule has 0 aliphatic rings. The molecule has 5 nitrogen and oxygen atoms in total.